The Hall–Kier alpha value is -19.8. The van der Waals surface area contributed by atoms with Gasteiger partial charge in [-0.15, -0.1) is 0 Å². The molecule has 9 aromatic heterocycles. The second kappa shape index (κ2) is 34.0. The predicted molar refractivity (Wildman–Crippen MR) is 602 cm³/mol. The van der Waals surface area contributed by atoms with Crippen LogP contribution >= 0.6 is 0 Å². The number of hydrogen-bond donors (Lipinski definition) is 0. The third-order valence-electron chi connectivity index (χ3n) is 29.0. The van der Waals surface area contributed by atoms with Gasteiger partial charge >= 0.3 is 0 Å². The number of hydrogen-bond acceptors (Lipinski definition) is 9. The molecule has 12 heteroatoms. The molecule has 0 amide bonds. The zero-order valence-corrected chi connectivity index (χ0v) is 78.5. The highest BCUT2D eigenvalue weighted by atomic mass is 16.3. The van der Waals surface area contributed by atoms with Gasteiger partial charge in [-0.3, -0.25) is 0 Å². The molecule has 0 aliphatic carbocycles. The summed E-state index contributed by atoms with van der Waals surface area (Å²) in [7, 11) is 0. The minimum atomic E-state index is 0.666. The molecule has 0 saturated heterocycles. The summed E-state index contributed by atoms with van der Waals surface area (Å²) >= 11 is 0. The number of nitrogens with zero attached hydrogens (tertiary/aromatic N) is 9. The Bertz CT molecular complexity index is 10500. The van der Waals surface area contributed by atoms with Crippen molar-refractivity contribution in [2.45, 2.75) is 0 Å². The fourth-order valence-electron chi connectivity index (χ4n) is 22.4. The van der Waals surface area contributed by atoms with E-state index in [1.165, 1.54) is 71.0 Å². The maximum atomic E-state index is 6.67. The van der Waals surface area contributed by atoms with Crippen LogP contribution in [-0.4, -0.2) is 43.6 Å². The Kier molecular flexibility index (Phi) is 19.4. The molecule has 31 rings (SSSR count). The van der Waals surface area contributed by atoms with Crippen molar-refractivity contribution < 1.29 is 13.3 Å². The molecule has 9 heterocycles. The van der Waals surface area contributed by atoms with Crippen LogP contribution in [0, 0.1) is 0 Å². The van der Waals surface area contributed by atoms with Crippen LogP contribution in [-0.2, 0) is 0 Å². The first-order chi connectivity index (χ1) is 72.4. The van der Waals surface area contributed by atoms with Crippen LogP contribution in [0.1, 0.15) is 0 Å². The van der Waals surface area contributed by atoms with E-state index in [4.69, 9.17) is 43.2 Å². The summed E-state index contributed by atoms with van der Waals surface area (Å²) in [4.78, 5) is 31.1. The number of fused-ring (bicyclic) bond motifs is 26. The molecular formula is C134H81N9O3. The zero-order chi connectivity index (χ0) is 96.0. The molecule has 0 radical (unpaired) electrons. The van der Waals surface area contributed by atoms with E-state index in [2.05, 4.69) is 438 Å². The van der Waals surface area contributed by atoms with Crippen molar-refractivity contribution in [2.24, 2.45) is 0 Å². The lowest BCUT2D eigenvalue weighted by atomic mass is 9.97. The molecule has 22 aromatic carbocycles. The Labute approximate surface area is 835 Å². The number of rotatable bonds is 11. The largest absolute Gasteiger partial charge is 0.456 e. The Balaban J connectivity index is 0.000000104. The summed E-state index contributed by atoms with van der Waals surface area (Å²) in [5, 5.41) is 22.6. The van der Waals surface area contributed by atoms with Gasteiger partial charge in [0.25, 0.3) is 0 Å². The highest BCUT2D eigenvalue weighted by Crippen LogP contribution is 2.49. The third-order valence-corrected chi connectivity index (χ3v) is 29.0. The van der Waals surface area contributed by atoms with E-state index >= 15 is 0 Å². The van der Waals surface area contributed by atoms with E-state index in [-0.39, 0.29) is 0 Å². The second-order valence-electron chi connectivity index (χ2n) is 37.3. The zero-order valence-electron chi connectivity index (χ0n) is 78.5. The summed E-state index contributed by atoms with van der Waals surface area (Å²) in [6.45, 7) is 0. The highest BCUT2D eigenvalue weighted by molar-refractivity contribution is 6.26. The normalized spacial score (nSPS) is 11.8. The Morgan fingerprint density at radius 2 is 0.411 bits per heavy atom. The van der Waals surface area contributed by atoms with Gasteiger partial charge in [-0.25, -0.2) is 29.9 Å². The van der Waals surface area contributed by atoms with Crippen LogP contribution in [0.2, 0.25) is 0 Å². The minimum absolute atomic E-state index is 0.666. The van der Waals surface area contributed by atoms with Crippen LogP contribution in [0.25, 0.3) is 293 Å². The molecule has 0 aliphatic rings. The quantitative estimate of drug-likeness (QED) is 0.124. The predicted octanol–water partition coefficient (Wildman–Crippen LogP) is 35.5. The molecule has 12 nitrogen and oxygen atoms in total. The van der Waals surface area contributed by atoms with E-state index in [9.17, 15) is 0 Å². The SMILES string of the molecule is c1ccc(-c2cc(-c3ccccc3)nc(-c3cc4oc5ccc(-n6c7ccccc7c7ccccc76)cc5c4c4ccccc34)n2)cc1.c1ccc(-c2cccc(-c3nc(-c4cc5oc6ccc(-n7c8ccccc8c8ccccc87)cc6c5c5ccccc45)nc4ccccc34)c2)cc1.c1ccc(-c2nc(-c3cc4oc5ccc(-n6c7ccccc7c7ccccc76)cc5c4c4ccccc34)nc3ccccc23)cc1. The van der Waals surface area contributed by atoms with E-state index < -0.39 is 0 Å². The highest BCUT2D eigenvalue weighted by Gasteiger charge is 2.27. The van der Waals surface area contributed by atoms with E-state index in [1.54, 1.807) is 0 Å². The molecule has 0 bridgehead atoms. The second-order valence-corrected chi connectivity index (χ2v) is 37.3. The Morgan fingerprint density at radius 3 is 0.753 bits per heavy atom. The van der Waals surface area contributed by atoms with Gasteiger partial charge in [-0.05, 0) is 177 Å². The van der Waals surface area contributed by atoms with E-state index in [0.29, 0.717) is 17.5 Å². The minimum Gasteiger partial charge on any atom is -0.456 e. The number of para-hydroxylation sites is 8. The van der Waals surface area contributed by atoms with Gasteiger partial charge in [-0.2, -0.15) is 0 Å². The number of furan rings is 3. The van der Waals surface area contributed by atoms with Crippen molar-refractivity contribution in [1.29, 1.82) is 0 Å². The van der Waals surface area contributed by atoms with Crippen LogP contribution in [0.3, 0.4) is 0 Å². The van der Waals surface area contributed by atoms with Crippen molar-refractivity contribution in [3.63, 3.8) is 0 Å². The average molecular weight is 1870 g/mol. The number of aromatic nitrogens is 9. The molecule has 0 atom stereocenters. The summed E-state index contributed by atoms with van der Waals surface area (Å²) in [5.41, 5.74) is 30.2. The average Bonchev–Trinajstić information content (AvgIpc) is 1.60. The van der Waals surface area contributed by atoms with Crippen molar-refractivity contribution in [3.8, 4) is 107 Å². The van der Waals surface area contributed by atoms with E-state index in [1.807, 2.05) is 66.7 Å². The lowest BCUT2D eigenvalue weighted by molar-refractivity contribution is 0.669. The lowest BCUT2D eigenvalue weighted by Gasteiger charge is -2.12. The van der Waals surface area contributed by atoms with Gasteiger partial charge < -0.3 is 27.0 Å². The van der Waals surface area contributed by atoms with Gasteiger partial charge in [0.2, 0.25) is 0 Å². The van der Waals surface area contributed by atoms with Crippen LogP contribution in [0.15, 0.2) is 505 Å². The van der Waals surface area contributed by atoms with Crippen molar-refractivity contribution >= 4 is 185 Å². The maximum absolute atomic E-state index is 6.67. The molecule has 0 spiro atoms. The van der Waals surface area contributed by atoms with Crippen LogP contribution in [0.5, 0.6) is 0 Å². The molecule has 0 fully saturated rings. The van der Waals surface area contributed by atoms with Gasteiger partial charge in [0, 0.05) is 131 Å². The van der Waals surface area contributed by atoms with Crippen molar-refractivity contribution in [3.05, 3.63) is 491 Å². The summed E-state index contributed by atoms with van der Waals surface area (Å²) in [6.07, 6.45) is 0. The van der Waals surface area contributed by atoms with Gasteiger partial charge in [0.15, 0.2) is 17.5 Å². The smallest absolute Gasteiger partial charge is 0.161 e. The Morgan fingerprint density at radius 1 is 0.151 bits per heavy atom. The molecule has 680 valence electrons. The standard InChI is InChI=1S/C48H29N3O.C44H27N3O.C42H25N3O/c1-2-13-30(14-3-1)31-15-12-16-32(27-31)47-38-21-6-9-22-41(38)49-48(50-47)39-29-45-46(37-20-5-4-17-34(37)39)40-28-33(25-26-44(40)52-45)51-42-23-10-7-18-35(42)36-19-8-11-24-43(36)51;1-3-13-28(14-4-1)37-27-38(29-15-5-2-6-16-29)46-44(45-37)35-26-42-43(34-20-8-7-17-31(34)35)36-25-30(23-24-41(36)48-42)47-39-21-11-9-18-32(39)33-19-10-12-22-40(33)47;1-2-12-26(13-3-1)41-32-18-6-9-19-35(32)43-42(44-41)33-25-39-40(31-17-5-4-14-28(31)33)34-24-27(22-23-38(34)46-39)45-36-20-10-7-15-29(36)30-16-8-11-21-37(30)45/h1-29H;1-27H;1-25H. The molecule has 0 unspecified atom stereocenters. The molecule has 0 aliphatic heterocycles. The van der Waals surface area contributed by atoms with Gasteiger partial charge in [-0.1, -0.05) is 358 Å². The molecule has 146 heavy (non-hydrogen) atoms. The molecule has 0 saturated carbocycles. The monoisotopic (exact) mass is 1860 g/mol. The molecule has 0 N–H and O–H groups in total. The number of benzene rings is 22. The topological polar surface area (TPSA) is 132 Å². The fraction of sp³-hybridized carbons (Fsp3) is 0. The fourth-order valence-corrected chi connectivity index (χ4v) is 22.4. The van der Waals surface area contributed by atoms with Crippen LogP contribution < -0.4 is 0 Å². The summed E-state index contributed by atoms with van der Waals surface area (Å²) in [5.74, 6) is 2.02. The van der Waals surface area contributed by atoms with Gasteiger partial charge in [0.05, 0.1) is 66.9 Å². The van der Waals surface area contributed by atoms with Crippen molar-refractivity contribution in [1.82, 2.24) is 43.6 Å². The maximum Gasteiger partial charge on any atom is 0.161 e. The molecular weight excluding hydrogens is 1780 g/mol. The van der Waals surface area contributed by atoms with Crippen LogP contribution in [0.4, 0.5) is 0 Å². The third kappa shape index (κ3) is 13.8. The lowest BCUT2D eigenvalue weighted by Crippen LogP contribution is -1.96. The summed E-state index contributed by atoms with van der Waals surface area (Å²) in [6, 6.07) is 172. The molecule has 31 aromatic rings. The first kappa shape index (κ1) is 83.2. The summed E-state index contributed by atoms with van der Waals surface area (Å²) < 4.78 is 27.0. The van der Waals surface area contributed by atoms with E-state index in [0.717, 1.165) is 204 Å². The van der Waals surface area contributed by atoms with Crippen molar-refractivity contribution in [2.75, 3.05) is 0 Å². The first-order valence-corrected chi connectivity index (χ1v) is 49.3. The van der Waals surface area contributed by atoms with Gasteiger partial charge in [0.1, 0.15) is 33.5 Å². The first-order valence-electron chi connectivity index (χ1n) is 49.3.